The molecular weight excluding hydrogens is 194 g/mol. The predicted octanol–water partition coefficient (Wildman–Crippen LogP) is 0.410. The van der Waals surface area contributed by atoms with Crippen LogP contribution in [0.2, 0.25) is 0 Å². The summed E-state index contributed by atoms with van der Waals surface area (Å²) in [6.07, 6.45) is 0. The highest BCUT2D eigenvalue weighted by molar-refractivity contribution is 7.81. The average molecular weight is 211 g/mol. The number of hydrogen-bond donors (Lipinski definition) is 1. The van der Waals surface area contributed by atoms with E-state index in [4.69, 9.17) is 9.92 Å². The number of nitrogens with two attached hydrogens (primary N) is 1. The zero-order valence-corrected chi connectivity index (χ0v) is 9.44. The lowest BCUT2D eigenvalue weighted by Crippen LogP contribution is -2.55. The molecule has 5 nitrogen and oxygen atoms in total. The van der Waals surface area contributed by atoms with E-state index in [0.29, 0.717) is 0 Å². The molecular formula is C7H17NO4S. The first-order chi connectivity index (χ1) is 5.52. The van der Waals surface area contributed by atoms with Crippen LogP contribution in [0.1, 0.15) is 27.7 Å². The largest absolute Gasteiger partial charge is 0.400 e. The lowest BCUT2D eigenvalue weighted by molar-refractivity contribution is 0.0320. The molecule has 0 bridgehead atoms. The molecule has 0 unspecified atom stereocenters. The van der Waals surface area contributed by atoms with Crippen LogP contribution in [-0.2, 0) is 18.8 Å². The summed E-state index contributed by atoms with van der Waals surface area (Å²) in [6, 6.07) is 0. The van der Waals surface area contributed by atoms with Gasteiger partial charge in [0.1, 0.15) is 5.60 Å². The fraction of sp³-hybridized carbons (Fsp3) is 1.00. The third kappa shape index (κ3) is 3.60. The summed E-state index contributed by atoms with van der Waals surface area (Å²) in [6.45, 7) is 6.53. The summed E-state index contributed by atoms with van der Waals surface area (Å²) in [4.78, 5) is 0. The van der Waals surface area contributed by atoms with Crippen molar-refractivity contribution in [2.24, 2.45) is 5.73 Å². The topological polar surface area (TPSA) is 78.6 Å². The molecule has 6 heteroatoms. The fourth-order valence-corrected chi connectivity index (χ4v) is 1.19. The number of rotatable bonds is 4. The molecule has 0 saturated carbocycles. The molecule has 0 radical (unpaired) electrons. The van der Waals surface area contributed by atoms with E-state index in [-0.39, 0.29) is 0 Å². The van der Waals surface area contributed by atoms with Crippen molar-refractivity contribution in [2.75, 3.05) is 7.11 Å². The highest BCUT2D eigenvalue weighted by Gasteiger charge is 2.39. The molecule has 80 valence electrons. The Morgan fingerprint density at radius 1 is 1.15 bits per heavy atom. The van der Waals surface area contributed by atoms with Crippen LogP contribution in [-0.4, -0.2) is 26.7 Å². The normalized spacial score (nSPS) is 14.6. The molecule has 13 heavy (non-hydrogen) atoms. The van der Waals surface area contributed by atoms with Gasteiger partial charge in [0.25, 0.3) is 0 Å². The van der Waals surface area contributed by atoms with Crippen LogP contribution >= 0.6 is 0 Å². The van der Waals surface area contributed by atoms with Crippen LogP contribution in [0.4, 0.5) is 0 Å². The van der Waals surface area contributed by atoms with Crippen molar-refractivity contribution >= 4 is 10.4 Å². The molecule has 0 fully saturated rings. The maximum Gasteiger partial charge on any atom is 0.400 e. The van der Waals surface area contributed by atoms with Crippen molar-refractivity contribution in [1.29, 1.82) is 0 Å². The number of hydrogen-bond acceptors (Lipinski definition) is 5. The molecule has 0 aromatic rings. The Bertz CT molecular complexity index is 263. The Morgan fingerprint density at radius 3 is 1.77 bits per heavy atom. The van der Waals surface area contributed by atoms with E-state index in [9.17, 15) is 8.42 Å². The zero-order valence-electron chi connectivity index (χ0n) is 8.62. The van der Waals surface area contributed by atoms with Crippen molar-refractivity contribution in [3.63, 3.8) is 0 Å². The van der Waals surface area contributed by atoms with Crippen LogP contribution in [0.25, 0.3) is 0 Å². The van der Waals surface area contributed by atoms with Crippen LogP contribution < -0.4 is 5.73 Å². The van der Waals surface area contributed by atoms with Crippen LogP contribution in [0.3, 0.4) is 0 Å². The Labute approximate surface area is 79.5 Å². The molecule has 0 aliphatic heterocycles. The first kappa shape index (κ1) is 12.8. The summed E-state index contributed by atoms with van der Waals surface area (Å²) in [5.41, 5.74) is 3.94. The van der Waals surface area contributed by atoms with Gasteiger partial charge in [0.2, 0.25) is 0 Å². The van der Waals surface area contributed by atoms with E-state index in [1.165, 1.54) is 0 Å². The highest BCUT2D eigenvalue weighted by Crippen LogP contribution is 2.25. The summed E-state index contributed by atoms with van der Waals surface area (Å²) >= 11 is 0. The SMILES string of the molecule is COS(=O)(=O)OC(C)(C)C(C)(C)N. The molecule has 0 rings (SSSR count). The molecule has 0 spiro atoms. The third-order valence-corrected chi connectivity index (χ3v) is 3.10. The second kappa shape index (κ2) is 3.53. The van der Waals surface area contributed by atoms with E-state index in [2.05, 4.69) is 4.18 Å². The molecule has 0 saturated heterocycles. The van der Waals surface area contributed by atoms with Gasteiger partial charge in [-0.25, -0.2) is 4.18 Å². The van der Waals surface area contributed by atoms with Gasteiger partial charge in [0, 0.05) is 5.54 Å². The van der Waals surface area contributed by atoms with Gasteiger partial charge in [0.05, 0.1) is 7.11 Å². The molecule has 0 aliphatic carbocycles. The quantitative estimate of drug-likeness (QED) is 0.728. The second-order valence-corrected chi connectivity index (χ2v) is 5.21. The van der Waals surface area contributed by atoms with Gasteiger partial charge in [-0.3, -0.25) is 4.18 Å². The minimum Gasteiger partial charge on any atom is -0.323 e. The van der Waals surface area contributed by atoms with Gasteiger partial charge in [-0.2, -0.15) is 8.42 Å². The second-order valence-electron chi connectivity index (χ2n) is 3.89. The Balaban J connectivity index is 4.72. The Morgan fingerprint density at radius 2 is 1.54 bits per heavy atom. The van der Waals surface area contributed by atoms with E-state index in [0.717, 1.165) is 7.11 Å². The Kier molecular flexibility index (Phi) is 3.48. The molecule has 0 amide bonds. The fourth-order valence-electron chi connectivity index (χ4n) is 0.397. The van der Waals surface area contributed by atoms with Gasteiger partial charge in [-0.1, -0.05) is 0 Å². The van der Waals surface area contributed by atoms with Gasteiger partial charge in [-0.15, -0.1) is 0 Å². The van der Waals surface area contributed by atoms with Crippen molar-refractivity contribution in [1.82, 2.24) is 0 Å². The smallest absolute Gasteiger partial charge is 0.323 e. The average Bonchev–Trinajstić information content (AvgIpc) is 1.83. The lowest BCUT2D eigenvalue weighted by Gasteiger charge is -2.36. The molecule has 0 atom stereocenters. The lowest BCUT2D eigenvalue weighted by atomic mass is 9.87. The van der Waals surface area contributed by atoms with Crippen LogP contribution in [0.15, 0.2) is 0 Å². The Hall–Kier alpha value is -0.170. The van der Waals surface area contributed by atoms with Crippen molar-refractivity contribution in [2.45, 2.75) is 38.8 Å². The van der Waals surface area contributed by atoms with Crippen LogP contribution in [0, 0.1) is 0 Å². The summed E-state index contributed by atoms with van der Waals surface area (Å²) < 4.78 is 30.9. The molecule has 0 aliphatic rings. The maximum absolute atomic E-state index is 11.0. The summed E-state index contributed by atoms with van der Waals surface area (Å²) in [7, 11) is -2.90. The summed E-state index contributed by atoms with van der Waals surface area (Å²) in [5.74, 6) is 0. The minimum atomic E-state index is -3.94. The van der Waals surface area contributed by atoms with E-state index >= 15 is 0 Å². The third-order valence-electron chi connectivity index (χ3n) is 2.07. The molecule has 2 N–H and O–H groups in total. The van der Waals surface area contributed by atoms with Crippen molar-refractivity contribution in [3.8, 4) is 0 Å². The zero-order chi connectivity index (χ0) is 10.9. The van der Waals surface area contributed by atoms with Crippen molar-refractivity contribution in [3.05, 3.63) is 0 Å². The van der Waals surface area contributed by atoms with Gasteiger partial charge in [0.15, 0.2) is 0 Å². The minimum absolute atomic E-state index is 0.779. The van der Waals surface area contributed by atoms with Crippen LogP contribution in [0.5, 0.6) is 0 Å². The molecule has 0 aromatic heterocycles. The van der Waals surface area contributed by atoms with Gasteiger partial charge >= 0.3 is 10.4 Å². The standard InChI is InChI=1S/C7H17NO4S/c1-6(2,8)7(3,4)12-13(9,10)11-5/h8H2,1-5H3. The van der Waals surface area contributed by atoms with Gasteiger partial charge < -0.3 is 5.73 Å². The van der Waals surface area contributed by atoms with E-state index < -0.39 is 21.5 Å². The van der Waals surface area contributed by atoms with Gasteiger partial charge in [-0.05, 0) is 27.7 Å². The summed E-state index contributed by atoms with van der Waals surface area (Å²) in [5, 5.41) is 0. The van der Waals surface area contributed by atoms with Crippen molar-refractivity contribution < 1.29 is 16.8 Å². The highest BCUT2D eigenvalue weighted by atomic mass is 32.3. The first-order valence-electron chi connectivity index (χ1n) is 3.82. The molecule has 0 aromatic carbocycles. The predicted molar refractivity (Wildman–Crippen MR) is 49.4 cm³/mol. The van der Waals surface area contributed by atoms with E-state index in [1.54, 1.807) is 27.7 Å². The van der Waals surface area contributed by atoms with E-state index in [1.807, 2.05) is 0 Å². The monoisotopic (exact) mass is 211 g/mol. The maximum atomic E-state index is 11.0. The molecule has 0 heterocycles. The first-order valence-corrected chi connectivity index (χ1v) is 5.15.